The fraction of sp³-hybridized carbons (Fsp3) is 0.355. The number of carbonyl (C=O) groups excluding carboxylic acids is 2. The van der Waals surface area contributed by atoms with E-state index in [2.05, 4.69) is 26.5 Å². The van der Waals surface area contributed by atoms with E-state index in [0.717, 1.165) is 69.0 Å². The minimum absolute atomic E-state index is 0.0992. The second-order valence-electron chi connectivity index (χ2n) is 10.1. The molecular formula is C31H35ClN4O3. The van der Waals surface area contributed by atoms with Crippen LogP contribution in [0.3, 0.4) is 0 Å². The summed E-state index contributed by atoms with van der Waals surface area (Å²) in [5.41, 5.74) is 3.48. The Hall–Kier alpha value is -3.71. The van der Waals surface area contributed by atoms with Crippen LogP contribution in [0.4, 0.5) is 17.1 Å². The van der Waals surface area contributed by atoms with E-state index in [1.807, 2.05) is 30.3 Å². The summed E-state index contributed by atoms with van der Waals surface area (Å²) in [6.07, 6.45) is 5.49. The molecule has 5 rings (SSSR count). The van der Waals surface area contributed by atoms with E-state index in [1.54, 1.807) is 37.4 Å². The molecule has 8 heteroatoms. The van der Waals surface area contributed by atoms with Gasteiger partial charge in [0.25, 0.3) is 11.8 Å². The SMILES string of the molecule is COc1ccccc1N1CCN(c2ccc(NC(=O)c3ccccc3Cl)cc2C(=O)NC2CCCCC2)CC1. The zero-order valence-electron chi connectivity index (χ0n) is 22.3. The Bertz CT molecular complexity index is 1320. The number of rotatable bonds is 7. The minimum Gasteiger partial charge on any atom is -0.495 e. The fourth-order valence-corrected chi connectivity index (χ4v) is 5.73. The van der Waals surface area contributed by atoms with E-state index < -0.39 is 0 Å². The Morgan fingerprint density at radius 1 is 0.795 bits per heavy atom. The Balaban J connectivity index is 1.37. The standard InChI is InChI=1S/C31H35ClN4O3/c1-39-29-14-8-7-13-28(29)36-19-17-35(18-20-36)27-16-15-23(34-30(37)24-11-5-6-12-26(24)32)21-25(27)31(38)33-22-9-3-2-4-10-22/h5-8,11-16,21-22H,2-4,9-10,17-20H2,1H3,(H,33,38)(H,34,37). The van der Waals surface area contributed by atoms with Crippen LogP contribution in [-0.4, -0.2) is 51.1 Å². The molecule has 2 N–H and O–H groups in total. The van der Waals surface area contributed by atoms with Crippen LogP contribution >= 0.6 is 11.6 Å². The molecule has 3 aromatic carbocycles. The largest absolute Gasteiger partial charge is 0.495 e. The molecule has 1 saturated heterocycles. The molecule has 2 fully saturated rings. The molecule has 0 radical (unpaired) electrons. The lowest BCUT2D eigenvalue weighted by atomic mass is 9.95. The lowest BCUT2D eigenvalue weighted by Gasteiger charge is -2.38. The second-order valence-corrected chi connectivity index (χ2v) is 10.5. The topological polar surface area (TPSA) is 73.9 Å². The van der Waals surface area contributed by atoms with Gasteiger partial charge in [0.1, 0.15) is 5.75 Å². The van der Waals surface area contributed by atoms with Gasteiger partial charge in [-0.1, -0.05) is 55.1 Å². The van der Waals surface area contributed by atoms with Gasteiger partial charge >= 0.3 is 0 Å². The van der Waals surface area contributed by atoms with Gasteiger partial charge in [0.05, 0.1) is 28.9 Å². The van der Waals surface area contributed by atoms with Crippen molar-refractivity contribution in [3.8, 4) is 5.75 Å². The van der Waals surface area contributed by atoms with Crippen LogP contribution in [0.15, 0.2) is 66.7 Å². The van der Waals surface area contributed by atoms with Crippen LogP contribution < -0.4 is 25.2 Å². The number of benzene rings is 3. The van der Waals surface area contributed by atoms with E-state index in [1.165, 1.54) is 6.42 Å². The number of halogens is 1. The van der Waals surface area contributed by atoms with Crippen LogP contribution in [-0.2, 0) is 0 Å². The molecule has 204 valence electrons. The first-order valence-corrected chi connectivity index (χ1v) is 14.0. The molecule has 2 amide bonds. The molecule has 3 aromatic rings. The number of hydrogen-bond donors (Lipinski definition) is 2. The van der Waals surface area contributed by atoms with Gasteiger partial charge in [-0.2, -0.15) is 0 Å². The van der Waals surface area contributed by atoms with E-state index >= 15 is 0 Å². The maximum Gasteiger partial charge on any atom is 0.257 e. The maximum absolute atomic E-state index is 13.6. The number of carbonyl (C=O) groups is 2. The van der Waals surface area contributed by atoms with Gasteiger partial charge < -0.3 is 25.2 Å². The molecule has 1 heterocycles. The van der Waals surface area contributed by atoms with Crippen LogP contribution in [0.2, 0.25) is 5.02 Å². The van der Waals surface area contributed by atoms with Crippen LogP contribution in [0.1, 0.15) is 52.8 Å². The smallest absolute Gasteiger partial charge is 0.257 e. The maximum atomic E-state index is 13.6. The lowest BCUT2D eigenvalue weighted by molar-refractivity contribution is 0.0927. The van der Waals surface area contributed by atoms with Crippen LogP contribution in [0.25, 0.3) is 0 Å². The van der Waals surface area contributed by atoms with Crippen molar-refractivity contribution in [1.29, 1.82) is 0 Å². The highest BCUT2D eigenvalue weighted by Crippen LogP contribution is 2.31. The number of nitrogens with one attached hydrogen (secondary N) is 2. The quantitative estimate of drug-likeness (QED) is 0.381. The first-order chi connectivity index (χ1) is 19.0. The summed E-state index contributed by atoms with van der Waals surface area (Å²) in [4.78, 5) is 31.1. The number of nitrogens with zero attached hydrogens (tertiary/aromatic N) is 2. The van der Waals surface area contributed by atoms with E-state index in [0.29, 0.717) is 21.8 Å². The predicted molar refractivity (Wildman–Crippen MR) is 158 cm³/mol. The average molecular weight is 547 g/mol. The Labute approximate surface area is 235 Å². The molecule has 1 aliphatic carbocycles. The van der Waals surface area contributed by atoms with Crippen LogP contribution in [0, 0.1) is 0 Å². The van der Waals surface area contributed by atoms with Crippen molar-refractivity contribution in [3.05, 3.63) is 82.9 Å². The highest BCUT2D eigenvalue weighted by molar-refractivity contribution is 6.34. The summed E-state index contributed by atoms with van der Waals surface area (Å²) in [7, 11) is 1.69. The highest BCUT2D eigenvalue weighted by atomic mass is 35.5. The Morgan fingerprint density at radius 2 is 1.46 bits per heavy atom. The van der Waals surface area contributed by atoms with E-state index in [9.17, 15) is 9.59 Å². The van der Waals surface area contributed by atoms with Gasteiger partial charge in [-0.3, -0.25) is 9.59 Å². The third-order valence-electron chi connectivity index (χ3n) is 7.60. The van der Waals surface area contributed by atoms with Crippen molar-refractivity contribution in [2.24, 2.45) is 0 Å². The number of hydrogen-bond acceptors (Lipinski definition) is 5. The summed E-state index contributed by atoms with van der Waals surface area (Å²) in [6, 6.07) is 20.8. The summed E-state index contributed by atoms with van der Waals surface area (Å²) in [5.74, 6) is 0.451. The molecular weight excluding hydrogens is 512 g/mol. The minimum atomic E-state index is -0.308. The van der Waals surface area contributed by atoms with Crippen molar-refractivity contribution in [1.82, 2.24) is 5.32 Å². The van der Waals surface area contributed by atoms with Gasteiger partial charge in [0, 0.05) is 43.6 Å². The molecule has 0 aromatic heterocycles. The van der Waals surface area contributed by atoms with Crippen molar-refractivity contribution >= 4 is 40.5 Å². The number of ether oxygens (including phenoxy) is 1. The predicted octanol–water partition coefficient (Wildman–Crippen LogP) is 5.99. The highest BCUT2D eigenvalue weighted by Gasteiger charge is 2.25. The molecule has 1 saturated carbocycles. The Kier molecular flexibility index (Phi) is 8.57. The van der Waals surface area contributed by atoms with Crippen molar-refractivity contribution < 1.29 is 14.3 Å². The number of anilines is 3. The lowest BCUT2D eigenvalue weighted by Crippen LogP contribution is -2.47. The van der Waals surface area contributed by atoms with E-state index in [-0.39, 0.29) is 17.9 Å². The van der Waals surface area contributed by atoms with Crippen molar-refractivity contribution in [2.75, 3.05) is 48.4 Å². The number of amides is 2. The monoisotopic (exact) mass is 546 g/mol. The molecule has 2 aliphatic rings. The summed E-state index contributed by atoms with van der Waals surface area (Å²) in [6.45, 7) is 3.12. The summed E-state index contributed by atoms with van der Waals surface area (Å²) >= 11 is 6.23. The molecule has 39 heavy (non-hydrogen) atoms. The first kappa shape index (κ1) is 26.9. The molecule has 0 bridgehead atoms. The molecule has 7 nitrogen and oxygen atoms in total. The summed E-state index contributed by atoms with van der Waals surface area (Å²) in [5, 5.41) is 6.57. The zero-order valence-corrected chi connectivity index (χ0v) is 23.0. The Morgan fingerprint density at radius 3 is 2.18 bits per heavy atom. The van der Waals surface area contributed by atoms with Gasteiger partial charge in [-0.05, 0) is 55.3 Å². The first-order valence-electron chi connectivity index (χ1n) is 13.7. The van der Waals surface area contributed by atoms with Gasteiger partial charge in [-0.15, -0.1) is 0 Å². The fourth-order valence-electron chi connectivity index (χ4n) is 5.50. The zero-order chi connectivity index (χ0) is 27.2. The third kappa shape index (κ3) is 6.31. The molecule has 0 atom stereocenters. The van der Waals surface area contributed by atoms with Crippen molar-refractivity contribution in [3.63, 3.8) is 0 Å². The van der Waals surface area contributed by atoms with Gasteiger partial charge in [0.15, 0.2) is 0 Å². The number of piperazine rings is 1. The number of methoxy groups -OCH3 is 1. The average Bonchev–Trinajstić information content (AvgIpc) is 2.98. The normalized spacial score (nSPS) is 16.1. The number of para-hydroxylation sites is 2. The molecule has 1 aliphatic heterocycles. The van der Waals surface area contributed by atoms with Gasteiger partial charge in [0.2, 0.25) is 0 Å². The van der Waals surface area contributed by atoms with Gasteiger partial charge in [-0.25, -0.2) is 0 Å². The second kappa shape index (κ2) is 12.4. The van der Waals surface area contributed by atoms with E-state index in [4.69, 9.17) is 16.3 Å². The van der Waals surface area contributed by atoms with Crippen LogP contribution in [0.5, 0.6) is 5.75 Å². The molecule has 0 unspecified atom stereocenters. The van der Waals surface area contributed by atoms with Crippen molar-refractivity contribution in [2.45, 2.75) is 38.1 Å². The summed E-state index contributed by atoms with van der Waals surface area (Å²) < 4.78 is 5.57. The molecule has 0 spiro atoms. The third-order valence-corrected chi connectivity index (χ3v) is 7.93.